The zero-order valence-corrected chi connectivity index (χ0v) is 13.2. The number of hydrogen-bond donors (Lipinski definition) is 2. The number of fused-ring (bicyclic) bond motifs is 1. The maximum atomic E-state index is 12.2. The normalized spacial score (nSPS) is 15.9. The summed E-state index contributed by atoms with van der Waals surface area (Å²) in [7, 11) is 0. The molecular weight excluding hydrogens is 306 g/mol. The van der Waals surface area contributed by atoms with Crippen LogP contribution in [0.25, 0.3) is 0 Å². The highest BCUT2D eigenvalue weighted by Gasteiger charge is 2.22. The molecular formula is C19H19NO4. The number of benzene rings is 2. The van der Waals surface area contributed by atoms with Crippen molar-refractivity contribution in [3.63, 3.8) is 0 Å². The van der Waals surface area contributed by atoms with E-state index in [0.29, 0.717) is 19.4 Å². The highest BCUT2D eigenvalue weighted by molar-refractivity contribution is 5.87. The summed E-state index contributed by atoms with van der Waals surface area (Å²) in [5, 5.41) is 11.9. The zero-order valence-electron chi connectivity index (χ0n) is 13.2. The number of aromatic carboxylic acids is 1. The van der Waals surface area contributed by atoms with Gasteiger partial charge in [0.1, 0.15) is 5.75 Å². The number of carboxylic acid groups (broad SMARTS) is 1. The monoisotopic (exact) mass is 325 g/mol. The van der Waals surface area contributed by atoms with E-state index in [4.69, 9.17) is 9.84 Å². The van der Waals surface area contributed by atoms with Crippen LogP contribution in [0.3, 0.4) is 0 Å². The SMILES string of the molecule is O=C(CCc1ccc(C(=O)O)cc1)N[C@@H]1CCOc2ccccc21. The van der Waals surface area contributed by atoms with Gasteiger partial charge in [0, 0.05) is 18.4 Å². The Morgan fingerprint density at radius 1 is 1.12 bits per heavy atom. The molecule has 24 heavy (non-hydrogen) atoms. The Balaban J connectivity index is 1.56. The number of para-hydroxylation sites is 1. The first-order valence-electron chi connectivity index (χ1n) is 7.97. The van der Waals surface area contributed by atoms with Gasteiger partial charge in [-0.15, -0.1) is 0 Å². The number of hydrogen-bond acceptors (Lipinski definition) is 3. The first-order valence-corrected chi connectivity index (χ1v) is 7.97. The fraction of sp³-hybridized carbons (Fsp3) is 0.263. The van der Waals surface area contributed by atoms with E-state index in [1.165, 1.54) is 0 Å². The molecule has 2 aromatic carbocycles. The standard InChI is InChI=1S/C19H19NO4/c21-18(10-7-13-5-8-14(9-6-13)19(22)23)20-16-11-12-24-17-4-2-1-3-15(16)17/h1-6,8-9,16H,7,10-12H2,(H,20,21)(H,22,23)/t16-/m1/s1. The predicted octanol–water partition coefficient (Wildman–Crippen LogP) is 2.96. The lowest BCUT2D eigenvalue weighted by Crippen LogP contribution is -2.32. The van der Waals surface area contributed by atoms with Crippen LogP contribution < -0.4 is 10.1 Å². The molecule has 0 aromatic heterocycles. The van der Waals surface area contributed by atoms with Crippen LogP contribution in [0.2, 0.25) is 0 Å². The van der Waals surface area contributed by atoms with Gasteiger partial charge in [-0.05, 0) is 30.2 Å². The second-order valence-electron chi connectivity index (χ2n) is 5.80. The Labute approximate surface area is 140 Å². The molecule has 1 amide bonds. The van der Waals surface area contributed by atoms with Crippen molar-refractivity contribution >= 4 is 11.9 Å². The van der Waals surface area contributed by atoms with Gasteiger partial charge in [0.25, 0.3) is 0 Å². The lowest BCUT2D eigenvalue weighted by molar-refractivity contribution is -0.122. The molecule has 1 heterocycles. The van der Waals surface area contributed by atoms with Crippen molar-refractivity contribution in [1.29, 1.82) is 0 Å². The third-order valence-corrected chi connectivity index (χ3v) is 4.14. The summed E-state index contributed by atoms with van der Waals surface area (Å²) < 4.78 is 5.60. The number of aryl methyl sites for hydroxylation is 1. The molecule has 5 nitrogen and oxygen atoms in total. The molecule has 1 aliphatic rings. The quantitative estimate of drug-likeness (QED) is 0.886. The smallest absolute Gasteiger partial charge is 0.335 e. The van der Waals surface area contributed by atoms with Gasteiger partial charge in [0.15, 0.2) is 0 Å². The van der Waals surface area contributed by atoms with E-state index in [-0.39, 0.29) is 17.5 Å². The first-order chi connectivity index (χ1) is 11.6. The predicted molar refractivity (Wildman–Crippen MR) is 89.2 cm³/mol. The molecule has 1 aliphatic heterocycles. The van der Waals surface area contributed by atoms with Crippen LogP contribution in [-0.4, -0.2) is 23.6 Å². The minimum atomic E-state index is -0.947. The summed E-state index contributed by atoms with van der Waals surface area (Å²) >= 11 is 0. The third-order valence-electron chi connectivity index (χ3n) is 4.14. The molecule has 3 rings (SSSR count). The van der Waals surface area contributed by atoms with E-state index in [9.17, 15) is 9.59 Å². The van der Waals surface area contributed by atoms with Gasteiger partial charge in [-0.25, -0.2) is 4.79 Å². The van der Waals surface area contributed by atoms with Crippen molar-refractivity contribution in [2.45, 2.75) is 25.3 Å². The van der Waals surface area contributed by atoms with Crippen LogP contribution in [0.4, 0.5) is 0 Å². The lowest BCUT2D eigenvalue weighted by Gasteiger charge is -2.26. The van der Waals surface area contributed by atoms with E-state index >= 15 is 0 Å². The van der Waals surface area contributed by atoms with Crippen molar-refractivity contribution < 1.29 is 19.4 Å². The second-order valence-corrected chi connectivity index (χ2v) is 5.80. The largest absolute Gasteiger partial charge is 0.493 e. The fourth-order valence-electron chi connectivity index (χ4n) is 2.83. The van der Waals surface area contributed by atoms with Gasteiger partial charge in [-0.2, -0.15) is 0 Å². The Bertz CT molecular complexity index is 739. The van der Waals surface area contributed by atoms with Crippen LogP contribution in [0.15, 0.2) is 48.5 Å². The van der Waals surface area contributed by atoms with Crippen molar-refractivity contribution in [3.8, 4) is 5.75 Å². The number of ether oxygens (including phenoxy) is 1. The van der Waals surface area contributed by atoms with Crippen molar-refractivity contribution in [2.24, 2.45) is 0 Å². The van der Waals surface area contributed by atoms with Gasteiger partial charge in [-0.3, -0.25) is 4.79 Å². The van der Waals surface area contributed by atoms with Gasteiger partial charge < -0.3 is 15.2 Å². The maximum Gasteiger partial charge on any atom is 0.335 e. The zero-order chi connectivity index (χ0) is 16.9. The molecule has 2 N–H and O–H groups in total. The molecule has 0 bridgehead atoms. The second kappa shape index (κ2) is 7.17. The molecule has 0 radical (unpaired) electrons. The number of amides is 1. The van der Waals surface area contributed by atoms with Gasteiger partial charge in [0.05, 0.1) is 18.2 Å². The average molecular weight is 325 g/mol. The molecule has 0 fully saturated rings. The number of carbonyl (C=O) groups excluding carboxylic acids is 1. The average Bonchev–Trinajstić information content (AvgIpc) is 2.61. The highest BCUT2D eigenvalue weighted by atomic mass is 16.5. The van der Waals surface area contributed by atoms with Crippen LogP contribution in [-0.2, 0) is 11.2 Å². The highest BCUT2D eigenvalue weighted by Crippen LogP contribution is 2.31. The molecule has 0 saturated heterocycles. The van der Waals surface area contributed by atoms with E-state index in [1.54, 1.807) is 24.3 Å². The van der Waals surface area contributed by atoms with Crippen molar-refractivity contribution in [1.82, 2.24) is 5.32 Å². The Morgan fingerprint density at radius 3 is 2.62 bits per heavy atom. The Hall–Kier alpha value is -2.82. The molecule has 2 aromatic rings. The van der Waals surface area contributed by atoms with E-state index < -0.39 is 5.97 Å². The van der Waals surface area contributed by atoms with E-state index in [1.807, 2.05) is 24.3 Å². The molecule has 124 valence electrons. The third kappa shape index (κ3) is 3.74. The summed E-state index contributed by atoms with van der Waals surface area (Å²) in [4.78, 5) is 23.0. The van der Waals surface area contributed by atoms with Crippen LogP contribution in [0.1, 0.15) is 40.4 Å². The number of rotatable bonds is 5. The Morgan fingerprint density at radius 2 is 1.88 bits per heavy atom. The molecule has 0 aliphatic carbocycles. The summed E-state index contributed by atoms with van der Waals surface area (Å²) in [5.74, 6) is -0.130. The Kier molecular flexibility index (Phi) is 4.79. The summed E-state index contributed by atoms with van der Waals surface area (Å²) in [6, 6.07) is 14.4. The summed E-state index contributed by atoms with van der Waals surface area (Å²) in [6.07, 6.45) is 1.71. The van der Waals surface area contributed by atoms with Crippen molar-refractivity contribution in [3.05, 3.63) is 65.2 Å². The van der Waals surface area contributed by atoms with E-state index in [2.05, 4.69) is 5.32 Å². The van der Waals surface area contributed by atoms with Crippen LogP contribution in [0, 0.1) is 0 Å². The van der Waals surface area contributed by atoms with Crippen molar-refractivity contribution in [2.75, 3.05) is 6.61 Å². The number of carboxylic acids is 1. The van der Waals surface area contributed by atoms with E-state index in [0.717, 1.165) is 23.3 Å². The lowest BCUT2D eigenvalue weighted by atomic mass is 10.00. The molecule has 0 unspecified atom stereocenters. The summed E-state index contributed by atoms with van der Waals surface area (Å²) in [5.41, 5.74) is 2.22. The molecule has 0 saturated carbocycles. The topological polar surface area (TPSA) is 75.6 Å². The number of nitrogens with one attached hydrogen (secondary N) is 1. The van der Waals surface area contributed by atoms with Crippen LogP contribution in [0.5, 0.6) is 5.75 Å². The molecule has 0 spiro atoms. The first kappa shape index (κ1) is 16.1. The maximum absolute atomic E-state index is 12.2. The summed E-state index contributed by atoms with van der Waals surface area (Å²) in [6.45, 7) is 0.596. The molecule has 1 atom stereocenters. The minimum absolute atomic E-state index is 0.0148. The minimum Gasteiger partial charge on any atom is -0.493 e. The fourth-order valence-corrected chi connectivity index (χ4v) is 2.83. The van der Waals surface area contributed by atoms with Gasteiger partial charge in [-0.1, -0.05) is 30.3 Å². The van der Waals surface area contributed by atoms with Crippen LogP contribution >= 0.6 is 0 Å². The number of carbonyl (C=O) groups is 2. The molecule has 5 heteroatoms. The van der Waals surface area contributed by atoms with Gasteiger partial charge in [0.2, 0.25) is 5.91 Å². The van der Waals surface area contributed by atoms with Gasteiger partial charge >= 0.3 is 5.97 Å².